The number of hydrogen-bond donors (Lipinski definition) is 2. The van der Waals surface area contributed by atoms with Crippen LogP contribution in [0.2, 0.25) is 0 Å². The van der Waals surface area contributed by atoms with Gasteiger partial charge in [0.2, 0.25) is 5.91 Å². The molecule has 2 N–H and O–H groups in total. The lowest BCUT2D eigenvalue weighted by atomic mass is 9.83. The molecule has 5 rings (SSSR count). The number of ether oxygens (including phenoxy) is 1. The van der Waals surface area contributed by atoms with Gasteiger partial charge in [-0.3, -0.25) is 4.79 Å². The minimum Gasteiger partial charge on any atom is -0.453 e. The molecule has 1 aliphatic heterocycles. The van der Waals surface area contributed by atoms with Gasteiger partial charge < -0.3 is 20.3 Å². The van der Waals surface area contributed by atoms with Gasteiger partial charge in [0.1, 0.15) is 6.54 Å². The quantitative estimate of drug-likeness (QED) is 0.650. The molecule has 2 aliphatic carbocycles. The molecule has 6 heteroatoms. The van der Waals surface area contributed by atoms with Gasteiger partial charge in [0.15, 0.2) is 0 Å². The topological polar surface area (TPSA) is 70.7 Å². The molecule has 180 valence electrons. The van der Waals surface area contributed by atoms with Gasteiger partial charge in [-0.15, -0.1) is 0 Å². The molecule has 2 fully saturated rings. The monoisotopic (exact) mass is 461 g/mol. The molecule has 6 nitrogen and oxygen atoms in total. The third-order valence-corrected chi connectivity index (χ3v) is 8.06. The van der Waals surface area contributed by atoms with Gasteiger partial charge in [-0.2, -0.15) is 0 Å². The number of rotatable bonds is 6. The Kier molecular flexibility index (Phi) is 6.48. The summed E-state index contributed by atoms with van der Waals surface area (Å²) in [6.45, 7) is 1.40. The highest BCUT2D eigenvalue weighted by Gasteiger charge is 2.40. The lowest BCUT2D eigenvalue weighted by Gasteiger charge is -2.25. The highest BCUT2D eigenvalue weighted by atomic mass is 16.5. The number of likely N-dealkylation sites (tertiary alicyclic amines) is 1. The fraction of sp³-hybridized carbons (Fsp3) is 0.500. The highest BCUT2D eigenvalue weighted by Crippen LogP contribution is 2.50. The largest absolute Gasteiger partial charge is 0.453 e. The summed E-state index contributed by atoms with van der Waals surface area (Å²) >= 11 is 0. The highest BCUT2D eigenvalue weighted by molar-refractivity contribution is 5.82. The molecule has 1 heterocycles. The summed E-state index contributed by atoms with van der Waals surface area (Å²) in [5, 5.41) is 6.00. The summed E-state index contributed by atoms with van der Waals surface area (Å²) in [4.78, 5) is 25.6. The second kappa shape index (κ2) is 9.69. The Morgan fingerprint density at radius 3 is 2.62 bits per heavy atom. The predicted molar refractivity (Wildman–Crippen MR) is 134 cm³/mol. The van der Waals surface area contributed by atoms with E-state index in [-0.39, 0.29) is 18.5 Å². The third-order valence-electron chi connectivity index (χ3n) is 8.06. The summed E-state index contributed by atoms with van der Waals surface area (Å²) in [6.07, 6.45) is 9.38. The maximum absolute atomic E-state index is 12.5. The van der Waals surface area contributed by atoms with Gasteiger partial charge in [0.05, 0.1) is 7.11 Å². The van der Waals surface area contributed by atoms with Crippen molar-refractivity contribution in [2.45, 2.75) is 57.4 Å². The third kappa shape index (κ3) is 4.63. The van der Waals surface area contributed by atoms with Crippen molar-refractivity contribution < 1.29 is 14.3 Å². The van der Waals surface area contributed by atoms with Crippen molar-refractivity contribution >= 4 is 17.7 Å². The van der Waals surface area contributed by atoms with Crippen molar-refractivity contribution in [3.63, 3.8) is 0 Å². The molecule has 0 bridgehead atoms. The Labute approximate surface area is 202 Å². The zero-order valence-electron chi connectivity index (χ0n) is 20.1. The maximum atomic E-state index is 12.5. The number of nitrogens with zero attached hydrogens (tertiary/aromatic N) is 1. The zero-order chi connectivity index (χ0) is 23.5. The minimum absolute atomic E-state index is 0.0272. The first-order valence-corrected chi connectivity index (χ1v) is 12.6. The van der Waals surface area contributed by atoms with Crippen LogP contribution in [0.5, 0.6) is 0 Å². The fourth-order valence-corrected chi connectivity index (χ4v) is 6.30. The van der Waals surface area contributed by atoms with Gasteiger partial charge in [0.25, 0.3) is 0 Å². The normalized spacial score (nSPS) is 20.4. The number of nitrogens with one attached hydrogen (secondary N) is 2. The molecular formula is C28H35N3O3. The van der Waals surface area contributed by atoms with E-state index in [1.807, 2.05) is 4.90 Å². The van der Waals surface area contributed by atoms with Crippen LogP contribution in [-0.4, -0.2) is 49.7 Å². The molecule has 1 atom stereocenters. The van der Waals surface area contributed by atoms with Crippen LogP contribution in [0.1, 0.15) is 49.7 Å². The fourth-order valence-electron chi connectivity index (χ4n) is 6.30. The number of benzene rings is 2. The van der Waals surface area contributed by atoms with E-state index < -0.39 is 6.09 Å². The molecule has 3 aliphatic rings. The van der Waals surface area contributed by atoms with Gasteiger partial charge in [0, 0.05) is 24.8 Å². The van der Waals surface area contributed by atoms with E-state index in [0.717, 1.165) is 25.1 Å². The number of hydrogen-bond acceptors (Lipinski definition) is 4. The number of anilines is 1. The second-order valence-corrected chi connectivity index (χ2v) is 10.2. The van der Waals surface area contributed by atoms with Crippen LogP contribution in [0.3, 0.4) is 0 Å². The molecule has 2 aromatic carbocycles. The first-order valence-electron chi connectivity index (χ1n) is 12.6. The first kappa shape index (κ1) is 22.8. The number of alkyl carbamates (subject to hydrolysis) is 1. The second-order valence-electron chi connectivity index (χ2n) is 10.2. The van der Waals surface area contributed by atoms with E-state index in [1.54, 1.807) is 11.1 Å². The summed E-state index contributed by atoms with van der Waals surface area (Å²) in [5.41, 5.74) is 7.37. The Hall–Kier alpha value is -3.02. The number of methoxy groups -OCH3 is 1. The van der Waals surface area contributed by atoms with Crippen molar-refractivity contribution in [2.24, 2.45) is 5.41 Å². The zero-order valence-corrected chi connectivity index (χ0v) is 20.1. The van der Waals surface area contributed by atoms with Crippen LogP contribution in [-0.2, 0) is 22.4 Å². The molecule has 1 saturated carbocycles. The van der Waals surface area contributed by atoms with E-state index in [1.165, 1.54) is 56.8 Å². The van der Waals surface area contributed by atoms with Crippen LogP contribution >= 0.6 is 0 Å². The molecule has 1 spiro atoms. The van der Waals surface area contributed by atoms with E-state index in [9.17, 15) is 9.59 Å². The molecule has 0 aromatic heterocycles. The molecule has 1 saturated heterocycles. The predicted octanol–water partition coefficient (Wildman–Crippen LogP) is 4.77. The summed E-state index contributed by atoms with van der Waals surface area (Å²) in [6, 6.07) is 15.7. The Morgan fingerprint density at radius 1 is 1.06 bits per heavy atom. The van der Waals surface area contributed by atoms with Crippen LogP contribution in [0.4, 0.5) is 10.5 Å². The molecule has 0 radical (unpaired) electrons. The SMILES string of the molecule is COC(=O)NCC(=O)N1CCC[C@H]1CNc1ccc(-c2cccc3c2CC2(CCCC2)C3)cc1. The Morgan fingerprint density at radius 2 is 1.85 bits per heavy atom. The molecular weight excluding hydrogens is 426 g/mol. The number of fused-ring (bicyclic) bond motifs is 1. The van der Waals surface area contributed by atoms with Crippen molar-refractivity contribution in [3.05, 3.63) is 53.6 Å². The van der Waals surface area contributed by atoms with Crippen LogP contribution in [0.15, 0.2) is 42.5 Å². The van der Waals surface area contributed by atoms with Crippen molar-refractivity contribution in [2.75, 3.05) is 32.1 Å². The molecule has 2 amide bonds. The van der Waals surface area contributed by atoms with Crippen LogP contribution in [0, 0.1) is 5.41 Å². The molecule has 34 heavy (non-hydrogen) atoms. The van der Waals surface area contributed by atoms with Crippen LogP contribution < -0.4 is 10.6 Å². The standard InChI is InChI=1S/C28H35N3O3/c1-34-27(33)30-19-26(32)31-15-5-7-23(31)18-29-22-11-9-20(10-12-22)24-8-4-6-21-16-28(17-25(21)24)13-2-3-14-28/h4,6,8-12,23,29H,2-3,5,7,13-19H2,1H3,(H,30,33)/t23-/m0/s1. The van der Waals surface area contributed by atoms with Crippen LogP contribution in [0.25, 0.3) is 11.1 Å². The van der Waals surface area contributed by atoms with E-state index in [0.29, 0.717) is 12.0 Å². The maximum Gasteiger partial charge on any atom is 0.407 e. The number of carbonyl (C=O) groups is 2. The van der Waals surface area contributed by atoms with Gasteiger partial charge in [-0.1, -0.05) is 43.2 Å². The molecule has 0 unspecified atom stereocenters. The average Bonchev–Trinajstić information content (AvgIpc) is 3.61. The van der Waals surface area contributed by atoms with Gasteiger partial charge >= 0.3 is 6.09 Å². The number of amides is 2. The average molecular weight is 462 g/mol. The lowest BCUT2D eigenvalue weighted by Crippen LogP contribution is -2.44. The summed E-state index contributed by atoms with van der Waals surface area (Å²) in [5.74, 6) is -0.0667. The summed E-state index contributed by atoms with van der Waals surface area (Å²) in [7, 11) is 1.30. The van der Waals surface area contributed by atoms with E-state index >= 15 is 0 Å². The minimum atomic E-state index is -0.579. The van der Waals surface area contributed by atoms with E-state index in [2.05, 4.69) is 57.8 Å². The molecule has 2 aromatic rings. The van der Waals surface area contributed by atoms with Crippen molar-refractivity contribution in [1.29, 1.82) is 0 Å². The van der Waals surface area contributed by atoms with Crippen molar-refractivity contribution in [1.82, 2.24) is 10.2 Å². The van der Waals surface area contributed by atoms with E-state index in [4.69, 9.17) is 0 Å². The van der Waals surface area contributed by atoms with Gasteiger partial charge in [-0.05, 0) is 78.3 Å². The first-order chi connectivity index (χ1) is 16.6. The summed E-state index contributed by atoms with van der Waals surface area (Å²) < 4.78 is 4.55. The smallest absolute Gasteiger partial charge is 0.407 e. The number of carbonyl (C=O) groups excluding carboxylic acids is 2. The lowest BCUT2D eigenvalue weighted by molar-refractivity contribution is -0.130. The Balaban J connectivity index is 1.20. The van der Waals surface area contributed by atoms with Gasteiger partial charge in [-0.25, -0.2) is 4.79 Å². The van der Waals surface area contributed by atoms with Crippen molar-refractivity contribution in [3.8, 4) is 11.1 Å². The Bertz CT molecular complexity index is 1040.